The van der Waals surface area contributed by atoms with Gasteiger partial charge in [-0.25, -0.2) is 0 Å². The first-order chi connectivity index (χ1) is 12.4. The number of hydrogen-bond acceptors (Lipinski definition) is 4. The van der Waals surface area contributed by atoms with Crippen molar-refractivity contribution < 1.29 is 14.3 Å². The van der Waals surface area contributed by atoms with Crippen LogP contribution in [-0.2, 0) is 14.3 Å². The van der Waals surface area contributed by atoms with Crippen LogP contribution in [0.4, 0.5) is 0 Å². The van der Waals surface area contributed by atoms with E-state index in [4.69, 9.17) is 4.74 Å². The van der Waals surface area contributed by atoms with E-state index >= 15 is 0 Å². The highest BCUT2D eigenvalue weighted by Crippen LogP contribution is 2.16. The molecule has 1 heterocycles. The predicted octanol–water partition coefficient (Wildman–Crippen LogP) is 1.73. The van der Waals surface area contributed by atoms with Gasteiger partial charge in [0.25, 0.3) is 0 Å². The van der Waals surface area contributed by atoms with Crippen molar-refractivity contribution in [3.63, 3.8) is 0 Å². The van der Waals surface area contributed by atoms with E-state index in [1.54, 1.807) is 0 Å². The summed E-state index contributed by atoms with van der Waals surface area (Å²) < 4.78 is 5.77. The van der Waals surface area contributed by atoms with Crippen LogP contribution in [0.1, 0.15) is 38.8 Å². The van der Waals surface area contributed by atoms with Gasteiger partial charge in [-0.3, -0.25) is 14.5 Å². The van der Waals surface area contributed by atoms with E-state index < -0.39 is 0 Å². The minimum Gasteiger partial charge on any atom is -0.374 e. The summed E-state index contributed by atoms with van der Waals surface area (Å²) in [6.07, 6.45) is 0.230. The Balaban J connectivity index is 1.83. The third kappa shape index (κ3) is 7.14. The molecule has 1 fully saturated rings. The molecular weight excluding hydrogens is 330 g/mol. The van der Waals surface area contributed by atoms with E-state index in [1.807, 2.05) is 30.3 Å². The van der Waals surface area contributed by atoms with Gasteiger partial charge in [-0.05, 0) is 11.5 Å². The molecule has 0 radical (unpaired) electrons. The normalized spacial score (nSPS) is 19.2. The topological polar surface area (TPSA) is 70.7 Å². The zero-order chi connectivity index (χ0) is 18.9. The largest absolute Gasteiger partial charge is 0.374 e. The Hall–Kier alpha value is -1.92. The summed E-state index contributed by atoms with van der Waals surface area (Å²) in [6.45, 7) is 9.91. The van der Waals surface area contributed by atoms with Crippen molar-refractivity contribution in [3.8, 4) is 0 Å². The highest BCUT2D eigenvalue weighted by molar-refractivity contribution is 5.79. The summed E-state index contributed by atoms with van der Waals surface area (Å²) in [5, 5.41) is 5.81. The number of nitrogens with one attached hydrogen (secondary N) is 2. The van der Waals surface area contributed by atoms with Crippen LogP contribution in [0.2, 0.25) is 0 Å². The maximum Gasteiger partial charge on any atom is 0.222 e. The Kier molecular flexibility index (Phi) is 8.06. The lowest BCUT2D eigenvalue weighted by atomic mass is 10.0. The quantitative estimate of drug-likeness (QED) is 0.740. The Morgan fingerprint density at radius 2 is 2.00 bits per heavy atom. The molecule has 26 heavy (non-hydrogen) atoms. The summed E-state index contributed by atoms with van der Waals surface area (Å²) in [7, 11) is 0. The SMILES string of the molecule is CC(=O)NC(CC(=O)NCC1CN(CC(C)C)CCO1)c1ccccc1. The van der Waals surface area contributed by atoms with Crippen molar-refractivity contribution in [2.75, 3.05) is 32.8 Å². The fourth-order valence-corrected chi connectivity index (χ4v) is 3.25. The van der Waals surface area contributed by atoms with Crippen molar-refractivity contribution in [2.45, 2.75) is 39.3 Å². The van der Waals surface area contributed by atoms with Gasteiger partial charge in [-0.1, -0.05) is 44.2 Å². The Bertz CT molecular complexity index is 577. The predicted molar refractivity (Wildman–Crippen MR) is 102 cm³/mol. The van der Waals surface area contributed by atoms with Crippen LogP contribution in [0.3, 0.4) is 0 Å². The summed E-state index contributed by atoms with van der Waals surface area (Å²) in [6, 6.07) is 9.24. The third-order valence-electron chi connectivity index (χ3n) is 4.34. The van der Waals surface area contributed by atoms with E-state index in [0.717, 1.165) is 25.2 Å². The molecule has 144 valence electrons. The number of rotatable bonds is 8. The molecule has 2 atom stereocenters. The molecule has 6 nitrogen and oxygen atoms in total. The first-order valence-electron chi connectivity index (χ1n) is 9.36. The van der Waals surface area contributed by atoms with Gasteiger partial charge in [-0.2, -0.15) is 0 Å². The fraction of sp³-hybridized carbons (Fsp3) is 0.600. The molecule has 0 bridgehead atoms. The van der Waals surface area contributed by atoms with Crippen LogP contribution in [0.5, 0.6) is 0 Å². The molecule has 1 aliphatic rings. The number of carbonyl (C=O) groups is 2. The van der Waals surface area contributed by atoms with Crippen LogP contribution >= 0.6 is 0 Å². The van der Waals surface area contributed by atoms with Gasteiger partial charge in [0, 0.05) is 33.1 Å². The van der Waals surface area contributed by atoms with Gasteiger partial charge in [0.2, 0.25) is 11.8 Å². The Morgan fingerprint density at radius 1 is 1.27 bits per heavy atom. The fourth-order valence-electron chi connectivity index (χ4n) is 3.25. The van der Waals surface area contributed by atoms with Gasteiger partial charge in [0.05, 0.1) is 25.2 Å². The molecule has 1 aliphatic heterocycles. The lowest BCUT2D eigenvalue weighted by Crippen LogP contribution is -2.48. The standard InChI is InChI=1S/C20H31N3O3/c1-15(2)13-23-9-10-26-18(14-23)12-21-20(25)11-19(22-16(3)24)17-7-5-4-6-8-17/h4-8,15,18-19H,9-14H2,1-3H3,(H,21,25)(H,22,24). The molecule has 2 amide bonds. The maximum atomic E-state index is 12.4. The molecular formula is C20H31N3O3. The average Bonchev–Trinajstić information content (AvgIpc) is 2.59. The van der Waals surface area contributed by atoms with Crippen LogP contribution < -0.4 is 10.6 Å². The van der Waals surface area contributed by atoms with E-state index in [2.05, 4.69) is 29.4 Å². The first kappa shape index (κ1) is 20.4. The van der Waals surface area contributed by atoms with Crippen LogP contribution in [0.25, 0.3) is 0 Å². The molecule has 0 aromatic heterocycles. The zero-order valence-corrected chi connectivity index (χ0v) is 16.0. The van der Waals surface area contributed by atoms with Crippen molar-refractivity contribution in [1.82, 2.24) is 15.5 Å². The molecule has 1 aromatic rings. The second-order valence-electron chi connectivity index (χ2n) is 7.32. The maximum absolute atomic E-state index is 12.4. The molecule has 0 saturated carbocycles. The number of nitrogens with zero attached hydrogens (tertiary/aromatic N) is 1. The van der Waals surface area contributed by atoms with Gasteiger partial charge < -0.3 is 15.4 Å². The Morgan fingerprint density at radius 3 is 2.65 bits per heavy atom. The van der Waals surface area contributed by atoms with Crippen LogP contribution in [0, 0.1) is 5.92 Å². The summed E-state index contributed by atoms with van der Waals surface area (Å²) in [5.41, 5.74) is 0.926. The third-order valence-corrected chi connectivity index (χ3v) is 4.34. The van der Waals surface area contributed by atoms with Crippen molar-refractivity contribution in [2.24, 2.45) is 5.92 Å². The van der Waals surface area contributed by atoms with E-state index in [9.17, 15) is 9.59 Å². The molecule has 2 rings (SSSR count). The number of ether oxygens (including phenoxy) is 1. The second kappa shape index (κ2) is 10.3. The second-order valence-corrected chi connectivity index (χ2v) is 7.32. The molecule has 1 saturated heterocycles. The molecule has 2 N–H and O–H groups in total. The van der Waals surface area contributed by atoms with E-state index in [0.29, 0.717) is 19.1 Å². The highest BCUT2D eigenvalue weighted by atomic mass is 16.5. The summed E-state index contributed by atoms with van der Waals surface area (Å²) in [4.78, 5) is 26.2. The van der Waals surface area contributed by atoms with Crippen LogP contribution in [0.15, 0.2) is 30.3 Å². The van der Waals surface area contributed by atoms with Gasteiger partial charge in [-0.15, -0.1) is 0 Å². The van der Waals surface area contributed by atoms with Gasteiger partial charge in [0.1, 0.15) is 0 Å². The molecule has 0 aliphatic carbocycles. The zero-order valence-electron chi connectivity index (χ0n) is 16.0. The van der Waals surface area contributed by atoms with Crippen molar-refractivity contribution in [3.05, 3.63) is 35.9 Å². The number of morpholine rings is 1. The minimum atomic E-state index is -0.321. The average molecular weight is 361 g/mol. The van der Waals surface area contributed by atoms with Crippen molar-refractivity contribution >= 4 is 11.8 Å². The molecule has 0 spiro atoms. The lowest BCUT2D eigenvalue weighted by Gasteiger charge is -2.34. The molecule has 1 aromatic carbocycles. The highest BCUT2D eigenvalue weighted by Gasteiger charge is 2.22. The summed E-state index contributed by atoms with van der Waals surface area (Å²) in [5.74, 6) is 0.386. The first-order valence-corrected chi connectivity index (χ1v) is 9.36. The molecule has 6 heteroatoms. The Labute approximate surface area is 156 Å². The number of hydrogen-bond donors (Lipinski definition) is 2. The van der Waals surface area contributed by atoms with Gasteiger partial charge in [0.15, 0.2) is 0 Å². The molecule has 2 unspecified atom stereocenters. The number of benzene rings is 1. The van der Waals surface area contributed by atoms with E-state index in [-0.39, 0.29) is 30.4 Å². The number of amides is 2. The lowest BCUT2D eigenvalue weighted by molar-refractivity contribution is -0.123. The smallest absolute Gasteiger partial charge is 0.222 e. The van der Waals surface area contributed by atoms with E-state index in [1.165, 1.54) is 6.92 Å². The minimum absolute atomic E-state index is 0.0161. The monoisotopic (exact) mass is 361 g/mol. The number of carbonyl (C=O) groups excluding carboxylic acids is 2. The summed E-state index contributed by atoms with van der Waals surface area (Å²) >= 11 is 0. The van der Waals surface area contributed by atoms with Crippen molar-refractivity contribution in [1.29, 1.82) is 0 Å². The van der Waals surface area contributed by atoms with Crippen LogP contribution in [-0.4, -0.2) is 55.6 Å². The van der Waals surface area contributed by atoms with Gasteiger partial charge >= 0.3 is 0 Å².